The van der Waals surface area contributed by atoms with Gasteiger partial charge in [-0.2, -0.15) is 0 Å². The molecule has 25 heavy (non-hydrogen) atoms. The summed E-state index contributed by atoms with van der Waals surface area (Å²) in [5, 5.41) is 18.7. The molecule has 0 spiro atoms. The molecule has 1 aromatic rings. The number of carbonyl (C=O) groups excluding carboxylic acids is 1. The quantitative estimate of drug-likeness (QED) is 0.537. The van der Waals surface area contributed by atoms with E-state index in [4.69, 9.17) is 40.5 Å². The van der Waals surface area contributed by atoms with Crippen molar-refractivity contribution < 1.29 is 24.6 Å². The Balaban J connectivity index is 2.34. The van der Waals surface area contributed by atoms with Crippen LogP contribution >= 0.6 is 47.2 Å². The highest BCUT2D eigenvalue weighted by Gasteiger charge is 2.40. The smallest absolute Gasteiger partial charge is 0.326 e. The topological polar surface area (TPSA) is 94.9 Å². The van der Waals surface area contributed by atoms with Gasteiger partial charge >= 0.3 is 11.9 Å². The Bertz CT molecular complexity index is 776. The van der Waals surface area contributed by atoms with E-state index in [1.54, 1.807) is 18.2 Å². The Morgan fingerprint density at radius 1 is 1.28 bits per heavy atom. The third-order valence-corrected chi connectivity index (χ3v) is 5.32. The first-order valence-electron chi connectivity index (χ1n) is 6.88. The summed E-state index contributed by atoms with van der Waals surface area (Å²) in [6.45, 7) is 0. The van der Waals surface area contributed by atoms with Gasteiger partial charge in [0.05, 0.1) is 4.91 Å². The van der Waals surface area contributed by atoms with Crippen LogP contribution in [0.1, 0.15) is 18.4 Å². The molecule has 0 radical (unpaired) electrons. The summed E-state index contributed by atoms with van der Waals surface area (Å²) >= 11 is 18.2. The number of hydrogen-bond acceptors (Lipinski definition) is 5. The van der Waals surface area contributed by atoms with Crippen molar-refractivity contribution >= 4 is 75.4 Å². The molecule has 1 fully saturated rings. The van der Waals surface area contributed by atoms with Gasteiger partial charge in [-0.1, -0.05) is 53.2 Å². The summed E-state index contributed by atoms with van der Waals surface area (Å²) < 4.78 is 0.0391. The lowest BCUT2D eigenvalue weighted by molar-refractivity contribution is -0.146. The number of benzene rings is 1. The van der Waals surface area contributed by atoms with Gasteiger partial charge < -0.3 is 10.2 Å². The summed E-state index contributed by atoms with van der Waals surface area (Å²) in [4.78, 5) is 35.8. The molecule has 10 heteroatoms. The van der Waals surface area contributed by atoms with Crippen LogP contribution in [0.15, 0.2) is 23.1 Å². The highest BCUT2D eigenvalue weighted by molar-refractivity contribution is 8.26. The van der Waals surface area contributed by atoms with Crippen LogP contribution < -0.4 is 0 Å². The van der Waals surface area contributed by atoms with Crippen molar-refractivity contribution in [1.82, 2.24) is 4.90 Å². The van der Waals surface area contributed by atoms with Gasteiger partial charge in [-0.25, -0.2) is 4.79 Å². The number of aliphatic carboxylic acids is 2. The molecule has 132 valence electrons. The molecule has 6 nitrogen and oxygen atoms in total. The summed E-state index contributed by atoms with van der Waals surface area (Å²) in [7, 11) is 0. The highest BCUT2D eigenvalue weighted by atomic mass is 35.5. The first-order chi connectivity index (χ1) is 11.7. The van der Waals surface area contributed by atoms with Crippen molar-refractivity contribution in [3.8, 4) is 0 Å². The second kappa shape index (κ2) is 8.18. The lowest BCUT2D eigenvalue weighted by Crippen LogP contribution is -2.44. The minimum Gasteiger partial charge on any atom is -0.481 e. The van der Waals surface area contributed by atoms with E-state index in [-0.39, 0.29) is 15.6 Å². The number of thiocarbonyl (C=S) groups is 1. The highest BCUT2D eigenvalue weighted by Crippen LogP contribution is 2.37. The SMILES string of the molecule is O=C(O)CCC(C(=O)O)N1C(=O)/C(=C/c2c(Cl)cccc2Cl)SC1=S. The average Bonchev–Trinajstić information content (AvgIpc) is 2.78. The van der Waals surface area contributed by atoms with E-state index in [1.165, 1.54) is 6.08 Å². The van der Waals surface area contributed by atoms with Crippen LogP contribution in [0.3, 0.4) is 0 Å². The fourth-order valence-electron chi connectivity index (χ4n) is 2.15. The molecule has 1 unspecified atom stereocenters. The lowest BCUT2D eigenvalue weighted by Gasteiger charge is -2.22. The molecular weight excluding hydrogens is 409 g/mol. The van der Waals surface area contributed by atoms with Gasteiger partial charge in [0, 0.05) is 22.0 Å². The Hall–Kier alpha value is -1.61. The predicted molar refractivity (Wildman–Crippen MR) is 99.8 cm³/mol. The van der Waals surface area contributed by atoms with Crippen LogP contribution in [-0.4, -0.2) is 43.3 Å². The largest absolute Gasteiger partial charge is 0.481 e. The molecule has 2 rings (SSSR count). The Morgan fingerprint density at radius 3 is 2.40 bits per heavy atom. The molecule has 0 saturated carbocycles. The molecule has 1 aliphatic heterocycles. The number of nitrogens with zero attached hydrogens (tertiary/aromatic N) is 1. The van der Waals surface area contributed by atoms with Crippen molar-refractivity contribution in [3.63, 3.8) is 0 Å². The van der Waals surface area contributed by atoms with Crippen LogP contribution in [0.2, 0.25) is 10.0 Å². The van der Waals surface area contributed by atoms with Crippen molar-refractivity contribution in [3.05, 3.63) is 38.7 Å². The standard InChI is InChI=1S/C15H11Cl2NO5S2/c16-8-2-1-3-9(17)7(8)6-11-13(21)18(15(24)25-11)10(14(22)23)4-5-12(19)20/h1-3,6,10H,4-5H2,(H,19,20)(H,22,23)/b11-6-. The Morgan fingerprint density at radius 2 is 1.88 bits per heavy atom. The number of carboxylic acid groups (broad SMARTS) is 2. The number of carbonyl (C=O) groups is 3. The zero-order valence-electron chi connectivity index (χ0n) is 12.4. The number of amides is 1. The fraction of sp³-hybridized carbons (Fsp3) is 0.200. The number of thioether (sulfide) groups is 1. The summed E-state index contributed by atoms with van der Waals surface area (Å²) in [5.74, 6) is -3.10. The Kier molecular flexibility index (Phi) is 6.45. The molecule has 0 aromatic heterocycles. The number of hydrogen-bond donors (Lipinski definition) is 2. The minimum absolute atomic E-state index is 0.0391. The molecule has 1 atom stereocenters. The van der Waals surface area contributed by atoms with Gasteiger partial charge in [0.15, 0.2) is 0 Å². The van der Waals surface area contributed by atoms with Gasteiger partial charge in [0.1, 0.15) is 10.4 Å². The van der Waals surface area contributed by atoms with Gasteiger partial charge in [0.2, 0.25) is 0 Å². The molecule has 1 heterocycles. The van der Waals surface area contributed by atoms with Gasteiger partial charge in [-0.05, 0) is 24.6 Å². The van der Waals surface area contributed by atoms with E-state index in [9.17, 15) is 19.5 Å². The summed E-state index contributed by atoms with van der Waals surface area (Å²) in [5.41, 5.74) is 0.420. The maximum atomic E-state index is 12.6. The minimum atomic E-state index is -1.35. The van der Waals surface area contributed by atoms with Crippen LogP contribution in [-0.2, 0) is 14.4 Å². The Labute approximate surface area is 162 Å². The maximum Gasteiger partial charge on any atom is 0.326 e. The third-order valence-electron chi connectivity index (χ3n) is 3.33. The fourth-order valence-corrected chi connectivity index (χ4v) is 4.00. The lowest BCUT2D eigenvalue weighted by atomic mass is 10.1. The van der Waals surface area contributed by atoms with Gasteiger partial charge in [-0.15, -0.1) is 0 Å². The van der Waals surface area contributed by atoms with E-state index >= 15 is 0 Å². The number of carboxylic acids is 2. The van der Waals surface area contributed by atoms with E-state index in [0.29, 0.717) is 15.6 Å². The van der Waals surface area contributed by atoms with Crippen LogP contribution in [0.5, 0.6) is 0 Å². The monoisotopic (exact) mass is 419 g/mol. The molecule has 2 N–H and O–H groups in total. The van der Waals surface area contributed by atoms with Gasteiger partial charge in [-0.3, -0.25) is 14.5 Å². The van der Waals surface area contributed by atoms with E-state index in [2.05, 4.69) is 0 Å². The van der Waals surface area contributed by atoms with Crippen molar-refractivity contribution in [2.75, 3.05) is 0 Å². The second-order valence-corrected chi connectivity index (χ2v) is 7.46. The van der Waals surface area contributed by atoms with E-state index in [1.807, 2.05) is 0 Å². The normalized spacial score (nSPS) is 17.2. The predicted octanol–water partition coefficient (Wildman–Crippen LogP) is 3.51. The molecule has 1 saturated heterocycles. The zero-order valence-corrected chi connectivity index (χ0v) is 15.6. The van der Waals surface area contributed by atoms with Gasteiger partial charge in [0.25, 0.3) is 5.91 Å². The van der Waals surface area contributed by atoms with Crippen molar-refractivity contribution in [2.24, 2.45) is 0 Å². The molecule has 1 aliphatic rings. The van der Waals surface area contributed by atoms with E-state index in [0.717, 1.165) is 16.7 Å². The first kappa shape index (κ1) is 19.7. The molecule has 1 amide bonds. The second-order valence-electron chi connectivity index (χ2n) is 4.97. The molecular formula is C15H11Cl2NO5S2. The average molecular weight is 420 g/mol. The summed E-state index contributed by atoms with van der Waals surface area (Å²) in [6.07, 6.45) is 0.792. The van der Waals surface area contributed by atoms with E-state index < -0.39 is 30.3 Å². The maximum absolute atomic E-state index is 12.6. The van der Waals surface area contributed by atoms with Crippen molar-refractivity contribution in [2.45, 2.75) is 18.9 Å². The zero-order chi connectivity index (χ0) is 18.7. The molecule has 0 bridgehead atoms. The van der Waals surface area contributed by atoms with Crippen molar-refractivity contribution in [1.29, 1.82) is 0 Å². The molecule has 1 aromatic carbocycles. The first-order valence-corrected chi connectivity index (χ1v) is 8.86. The number of halogens is 2. The molecule has 0 aliphatic carbocycles. The van der Waals surface area contributed by atoms with Crippen LogP contribution in [0.4, 0.5) is 0 Å². The van der Waals surface area contributed by atoms with Crippen LogP contribution in [0, 0.1) is 0 Å². The third kappa shape index (κ3) is 4.52. The van der Waals surface area contributed by atoms with Crippen LogP contribution in [0.25, 0.3) is 6.08 Å². The number of rotatable bonds is 6. The summed E-state index contributed by atoms with van der Waals surface area (Å²) in [6, 6.07) is 3.51.